The van der Waals surface area contributed by atoms with Crippen LogP contribution in [-0.4, -0.2) is 30.0 Å². The van der Waals surface area contributed by atoms with Crippen molar-refractivity contribution in [2.45, 2.75) is 18.9 Å². The molecule has 1 aliphatic rings. The smallest absolute Gasteiger partial charge is 0.249 e. The fraction of sp³-hybridized carbons (Fsp3) is 0.333. The molecule has 1 atom stereocenters. The lowest BCUT2D eigenvalue weighted by molar-refractivity contribution is -0.123. The van der Waals surface area contributed by atoms with E-state index in [1.807, 2.05) is 0 Å². The van der Waals surface area contributed by atoms with E-state index >= 15 is 0 Å². The highest BCUT2D eigenvalue weighted by Crippen LogP contribution is 2.20. The van der Waals surface area contributed by atoms with Crippen LogP contribution in [0, 0.1) is 0 Å². The fourth-order valence-electron chi connectivity index (χ4n) is 1.86. The highest BCUT2D eigenvalue weighted by Gasteiger charge is 2.29. The monoisotopic (exact) mass is 234 g/mol. The summed E-state index contributed by atoms with van der Waals surface area (Å²) in [7, 11) is 1.63. The van der Waals surface area contributed by atoms with Crippen LogP contribution in [0.2, 0.25) is 0 Å². The van der Waals surface area contributed by atoms with Crippen LogP contribution in [0.3, 0.4) is 0 Å². The molecule has 0 unspecified atom stereocenters. The summed E-state index contributed by atoms with van der Waals surface area (Å²) < 4.78 is 0. The number of hydrogen-bond donors (Lipinski definition) is 2. The van der Waals surface area contributed by atoms with Crippen LogP contribution in [0.15, 0.2) is 24.3 Å². The minimum atomic E-state index is -0.449. The van der Waals surface area contributed by atoms with Gasteiger partial charge in [-0.3, -0.25) is 9.59 Å². The Labute approximate surface area is 99.0 Å². The lowest BCUT2D eigenvalue weighted by Gasteiger charge is -2.21. The highest BCUT2D eigenvalue weighted by molar-refractivity contribution is 6.00. The van der Waals surface area contributed by atoms with Crippen molar-refractivity contribution < 1.29 is 14.7 Å². The second-order valence-electron chi connectivity index (χ2n) is 4.08. The van der Waals surface area contributed by atoms with E-state index in [0.29, 0.717) is 18.5 Å². The molecular formula is C12H14N2O3. The molecule has 1 aromatic carbocycles. The topological polar surface area (TPSA) is 69.6 Å². The number of aromatic hydroxyl groups is 1. The fourth-order valence-corrected chi connectivity index (χ4v) is 1.86. The largest absolute Gasteiger partial charge is 0.508 e. The van der Waals surface area contributed by atoms with E-state index in [0.717, 1.165) is 0 Å². The second-order valence-corrected chi connectivity index (χ2v) is 4.08. The number of amides is 2. The van der Waals surface area contributed by atoms with Crippen LogP contribution in [0.1, 0.15) is 12.8 Å². The Kier molecular flexibility index (Phi) is 2.99. The maximum absolute atomic E-state index is 12.0. The molecule has 5 heteroatoms. The third-order valence-corrected chi connectivity index (χ3v) is 2.84. The molecular weight excluding hydrogens is 220 g/mol. The number of phenols is 1. The number of carbonyl (C=O) groups is 2. The predicted molar refractivity (Wildman–Crippen MR) is 62.7 cm³/mol. The SMILES string of the molecule is CN(C(=O)[C@H]1CCC(=O)N1)c1cccc(O)c1. The first-order chi connectivity index (χ1) is 8.08. The molecule has 17 heavy (non-hydrogen) atoms. The van der Waals surface area contributed by atoms with Gasteiger partial charge in [-0.1, -0.05) is 6.07 Å². The van der Waals surface area contributed by atoms with Gasteiger partial charge in [0.25, 0.3) is 0 Å². The van der Waals surface area contributed by atoms with Crippen molar-refractivity contribution in [3.63, 3.8) is 0 Å². The number of nitrogens with zero attached hydrogens (tertiary/aromatic N) is 1. The van der Waals surface area contributed by atoms with E-state index in [9.17, 15) is 14.7 Å². The van der Waals surface area contributed by atoms with E-state index in [2.05, 4.69) is 5.32 Å². The molecule has 90 valence electrons. The van der Waals surface area contributed by atoms with Crippen molar-refractivity contribution in [1.29, 1.82) is 0 Å². The molecule has 0 aliphatic carbocycles. The summed E-state index contributed by atoms with van der Waals surface area (Å²) in [5, 5.41) is 12.0. The second kappa shape index (κ2) is 4.45. The molecule has 1 saturated heterocycles. The van der Waals surface area contributed by atoms with E-state index in [4.69, 9.17) is 0 Å². The maximum Gasteiger partial charge on any atom is 0.249 e. The zero-order chi connectivity index (χ0) is 12.4. The summed E-state index contributed by atoms with van der Waals surface area (Å²) in [5.41, 5.74) is 0.608. The van der Waals surface area contributed by atoms with Gasteiger partial charge < -0.3 is 15.3 Å². The molecule has 0 radical (unpaired) electrons. The molecule has 0 aromatic heterocycles. The summed E-state index contributed by atoms with van der Waals surface area (Å²) in [4.78, 5) is 24.5. The first-order valence-electron chi connectivity index (χ1n) is 5.44. The molecule has 0 spiro atoms. The average Bonchev–Trinajstić information content (AvgIpc) is 2.74. The Bertz CT molecular complexity index is 459. The van der Waals surface area contributed by atoms with Crippen molar-refractivity contribution in [3.05, 3.63) is 24.3 Å². The number of benzene rings is 1. The van der Waals surface area contributed by atoms with E-state index < -0.39 is 6.04 Å². The molecule has 2 rings (SSSR count). The molecule has 1 aromatic rings. The predicted octanol–water partition coefficient (Wildman–Crippen LogP) is 0.634. The Morgan fingerprint density at radius 3 is 2.88 bits per heavy atom. The Hall–Kier alpha value is -2.04. The van der Waals surface area contributed by atoms with Gasteiger partial charge in [0.2, 0.25) is 11.8 Å². The number of phenolic OH excluding ortho intramolecular Hbond substituents is 1. The van der Waals surface area contributed by atoms with Crippen LogP contribution >= 0.6 is 0 Å². The van der Waals surface area contributed by atoms with E-state index in [1.165, 1.54) is 11.0 Å². The molecule has 5 nitrogen and oxygen atoms in total. The molecule has 1 heterocycles. The average molecular weight is 234 g/mol. The quantitative estimate of drug-likeness (QED) is 0.788. The number of rotatable bonds is 2. The van der Waals surface area contributed by atoms with Gasteiger partial charge in [-0.25, -0.2) is 0 Å². The van der Waals surface area contributed by atoms with Crippen molar-refractivity contribution in [2.24, 2.45) is 0 Å². The zero-order valence-corrected chi connectivity index (χ0v) is 9.51. The number of carbonyl (C=O) groups excluding carboxylic acids is 2. The number of likely N-dealkylation sites (N-methyl/N-ethyl adjacent to an activating group) is 1. The lowest BCUT2D eigenvalue weighted by atomic mass is 10.2. The van der Waals surface area contributed by atoms with Gasteiger partial charge in [0.15, 0.2) is 0 Å². The lowest BCUT2D eigenvalue weighted by Crippen LogP contribution is -2.42. The van der Waals surface area contributed by atoms with Gasteiger partial charge in [0.05, 0.1) is 0 Å². The van der Waals surface area contributed by atoms with Gasteiger partial charge in [-0.15, -0.1) is 0 Å². The Balaban J connectivity index is 2.12. The van der Waals surface area contributed by atoms with Gasteiger partial charge in [-0.05, 0) is 18.6 Å². The zero-order valence-electron chi connectivity index (χ0n) is 9.51. The molecule has 0 saturated carbocycles. The summed E-state index contributed by atoms with van der Waals surface area (Å²) in [6.07, 6.45) is 0.922. The summed E-state index contributed by atoms with van der Waals surface area (Å²) in [6.45, 7) is 0. The first kappa shape index (κ1) is 11.4. The normalized spacial score (nSPS) is 18.9. The van der Waals surface area contributed by atoms with Gasteiger partial charge in [0, 0.05) is 25.2 Å². The molecule has 1 fully saturated rings. The highest BCUT2D eigenvalue weighted by atomic mass is 16.3. The maximum atomic E-state index is 12.0. The first-order valence-corrected chi connectivity index (χ1v) is 5.44. The molecule has 2 N–H and O–H groups in total. The Morgan fingerprint density at radius 2 is 2.29 bits per heavy atom. The van der Waals surface area contributed by atoms with Crippen LogP contribution in [0.5, 0.6) is 5.75 Å². The van der Waals surface area contributed by atoms with Crippen molar-refractivity contribution >= 4 is 17.5 Å². The number of hydrogen-bond acceptors (Lipinski definition) is 3. The number of nitrogens with one attached hydrogen (secondary N) is 1. The van der Waals surface area contributed by atoms with Gasteiger partial charge in [-0.2, -0.15) is 0 Å². The third-order valence-electron chi connectivity index (χ3n) is 2.84. The molecule has 0 bridgehead atoms. The van der Waals surface area contributed by atoms with Crippen LogP contribution in [-0.2, 0) is 9.59 Å². The van der Waals surface area contributed by atoms with Crippen molar-refractivity contribution in [3.8, 4) is 5.75 Å². The summed E-state index contributed by atoms with van der Waals surface area (Å²) in [5.74, 6) is -0.147. The molecule has 1 aliphatic heterocycles. The van der Waals surface area contributed by atoms with Crippen LogP contribution < -0.4 is 10.2 Å². The minimum absolute atomic E-state index is 0.0901. The third kappa shape index (κ3) is 2.38. The van der Waals surface area contributed by atoms with Gasteiger partial charge in [0.1, 0.15) is 11.8 Å². The van der Waals surface area contributed by atoms with Crippen LogP contribution in [0.4, 0.5) is 5.69 Å². The Morgan fingerprint density at radius 1 is 1.53 bits per heavy atom. The van der Waals surface area contributed by atoms with Crippen LogP contribution in [0.25, 0.3) is 0 Å². The van der Waals surface area contributed by atoms with Crippen molar-refractivity contribution in [1.82, 2.24) is 5.32 Å². The van der Waals surface area contributed by atoms with E-state index in [1.54, 1.807) is 25.2 Å². The summed E-state index contributed by atoms with van der Waals surface area (Å²) in [6, 6.07) is 6.00. The molecule has 2 amide bonds. The van der Waals surface area contributed by atoms with E-state index in [-0.39, 0.29) is 17.6 Å². The van der Waals surface area contributed by atoms with Crippen molar-refractivity contribution in [2.75, 3.05) is 11.9 Å². The standard InChI is InChI=1S/C12H14N2O3/c1-14(8-3-2-4-9(15)7-8)12(17)10-5-6-11(16)13-10/h2-4,7,10,15H,5-6H2,1H3,(H,13,16)/t10-/m1/s1. The summed E-state index contributed by atoms with van der Waals surface area (Å²) >= 11 is 0. The van der Waals surface area contributed by atoms with Gasteiger partial charge >= 0.3 is 0 Å². The minimum Gasteiger partial charge on any atom is -0.508 e. The number of anilines is 1.